The van der Waals surface area contributed by atoms with Gasteiger partial charge in [0.2, 0.25) is 0 Å². The Morgan fingerprint density at radius 1 is 1.29 bits per heavy atom. The highest BCUT2D eigenvalue weighted by atomic mass is 32.2. The lowest BCUT2D eigenvalue weighted by Gasteiger charge is -2.24. The van der Waals surface area contributed by atoms with E-state index >= 15 is 0 Å². The van der Waals surface area contributed by atoms with Crippen molar-refractivity contribution in [2.75, 3.05) is 12.9 Å². The first kappa shape index (κ1) is 14.6. The predicted octanol–water partition coefficient (Wildman–Crippen LogP) is 3.32. The molecule has 112 valence electrons. The van der Waals surface area contributed by atoms with E-state index in [0.717, 1.165) is 30.2 Å². The first-order valence-electron chi connectivity index (χ1n) is 7.52. The smallest absolute Gasteiger partial charge is 0.181 e. The van der Waals surface area contributed by atoms with E-state index < -0.39 is 0 Å². The monoisotopic (exact) mass is 303 g/mol. The minimum absolute atomic E-state index is 0.196. The van der Waals surface area contributed by atoms with Crippen LogP contribution in [0.1, 0.15) is 37.4 Å². The lowest BCUT2D eigenvalue weighted by Crippen LogP contribution is -2.16. The molecule has 3 rings (SSSR count). The number of aliphatic hydroxyl groups is 1. The van der Waals surface area contributed by atoms with Gasteiger partial charge in [-0.25, -0.2) is 9.67 Å². The van der Waals surface area contributed by atoms with E-state index in [0.29, 0.717) is 5.92 Å². The second-order valence-corrected chi connectivity index (χ2v) is 6.33. The van der Waals surface area contributed by atoms with Crippen molar-refractivity contribution in [2.24, 2.45) is 0 Å². The van der Waals surface area contributed by atoms with E-state index in [1.165, 1.54) is 24.2 Å². The van der Waals surface area contributed by atoms with E-state index in [1.807, 2.05) is 4.68 Å². The number of aliphatic hydroxyl groups excluding tert-OH is 1. The van der Waals surface area contributed by atoms with Crippen molar-refractivity contribution in [1.82, 2.24) is 14.8 Å². The number of aromatic nitrogens is 3. The first-order chi connectivity index (χ1) is 10.3. The lowest BCUT2D eigenvalue weighted by molar-refractivity contribution is 0.273. The van der Waals surface area contributed by atoms with Gasteiger partial charge >= 0.3 is 0 Å². The summed E-state index contributed by atoms with van der Waals surface area (Å²) in [4.78, 5) is 6.02. The fourth-order valence-corrected chi connectivity index (χ4v) is 2.98. The van der Waals surface area contributed by atoms with Gasteiger partial charge in [0.15, 0.2) is 5.82 Å². The molecule has 1 aromatic carbocycles. The molecule has 2 aromatic rings. The minimum atomic E-state index is 0.196. The minimum Gasteiger partial charge on any atom is -0.396 e. The number of benzene rings is 1. The molecule has 0 saturated heterocycles. The molecule has 0 aliphatic heterocycles. The van der Waals surface area contributed by atoms with Crippen molar-refractivity contribution in [3.05, 3.63) is 30.1 Å². The average molecular weight is 303 g/mol. The number of hydrogen-bond donors (Lipinski definition) is 1. The maximum atomic E-state index is 9.05. The van der Waals surface area contributed by atoms with Gasteiger partial charge in [-0.3, -0.25) is 0 Å². The summed E-state index contributed by atoms with van der Waals surface area (Å²) in [7, 11) is 0. The van der Waals surface area contributed by atoms with Gasteiger partial charge in [-0.2, -0.15) is 5.10 Å². The summed E-state index contributed by atoms with van der Waals surface area (Å²) in [6.45, 7) is 0.944. The molecule has 0 atom stereocenters. The second kappa shape index (κ2) is 6.62. The van der Waals surface area contributed by atoms with Crippen LogP contribution in [-0.4, -0.2) is 32.7 Å². The zero-order chi connectivity index (χ0) is 14.7. The third-order valence-corrected chi connectivity index (χ3v) is 4.79. The van der Waals surface area contributed by atoms with Gasteiger partial charge in [0.1, 0.15) is 5.82 Å². The molecule has 5 heteroatoms. The highest BCUT2D eigenvalue weighted by molar-refractivity contribution is 7.98. The predicted molar refractivity (Wildman–Crippen MR) is 85.5 cm³/mol. The molecule has 0 unspecified atom stereocenters. The Kier molecular flexibility index (Phi) is 4.60. The summed E-state index contributed by atoms with van der Waals surface area (Å²) in [6, 6.07) is 8.39. The van der Waals surface area contributed by atoms with Crippen LogP contribution in [0.2, 0.25) is 0 Å². The zero-order valence-corrected chi connectivity index (χ0v) is 13.1. The molecule has 1 aliphatic rings. The Balaban J connectivity index is 1.88. The lowest BCUT2D eigenvalue weighted by atomic mass is 9.85. The van der Waals surface area contributed by atoms with Crippen LogP contribution < -0.4 is 0 Å². The van der Waals surface area contributed by atoms with Gasteiger partial charge in [0, 0.05) is 29.5 Å². The molecule has 0 radical (unpaired) electrons. The quantitative estimate of drug-likeness (QED) is 0.832. The SMILES string of the molecule is CSc1ccc(-c2nc(C3CCC3)n(CCCO)n2)cc1. The fraction of sp³-hybridized carbons (Fsp3) is 0.500. The fourth-order valence-electron chi connectivity index (χ4n) is 2.57. The zero-order valence-electron chi connectivity index (χ0n) is 12.3. The van der Waals surface area contributed by atoms with E-state index in [9.17, 15) is 0 Å². The molecule has 4 nitrogen and oxygen atoms in total. The molecule has 1 aliphatic carbocycles. The van der Waals surface area contributed by atoms with Crippen molar-refractivity contribution < 1.29 is 5.11 Å². The molecular formula is C16H21N3OS. The van der Waals surface area contributed by atoms with E-state index in [1.54, 1.807) is 11.8 Å². The summed E-state index contributed by atoms with van der Waals surface area (Å²) in [5, 5.41) is 13.7. The van der Waals surface area contributed by atoms with Crippen LogP contribution in [0, 0.1) is 0 Å². The summed E-state index contributed by atoms with van der Waals surface area (Å²) in [5.74, 6) is 2.46. The van der Waals surface area contributed by atoms with Crippen molar-refractivity contribution in [3.63, 3.8) is 0 Å². The normalized spacial score (nSPS) is 15.1. The van der Waals surface area contributed by atoms with Crippen LogP contribution in [-0.2, 0) is 6.54 Å². The molecular weight excluding hydrogens is 282 g/mol. The maximum absolute atomic E-state index is 9.05. The molecule has 0 amide bonds. The maximum Gasteiger partial charge on any atom is 0.181 e. The van der Waals surface area contributed by atoms with Crippen LogP contribution in [0.5, 0.6) is 0 Å². The van der Waals surface area contributed by atoms with Gasteiger partial charge in [-0.15, -0.1) is 11.8 Å². The van der Waals surface area contributed by atoms with Crippen LogP contribution in [0.25, 0.3) is 11.4 Å². The van der Waals surface area contributed by atoms with Crippen LogP contribution in [0.3, 0.4) is 0 Å². The molecule has 0 spiro atoms. The van der Waals surface area contributed by atoms with Crippen LogP contribution in [0.4, 0.5) is 0 Å². The third kappa shape index (κ3) is 3.14. The Morgan fingerprint density at radius 2 is 2.05 bits per heavy atom. The number of hydrogen-bond acceptors (Lipinski definition) is 4. The highest BCUT2D eigenvalue weighted by Gasteiger charge is 2.26. The Bertz CT molecular complexity index is 590. The van der Waals surface area contributed by atoms with Crippen molar-refractivity contribution in [2.45, 2.75) is 43.0 Å². The molecule has 1 fully saturated rings. The van der Waals surface area contributed by atoms with Gasteiger partial charge in [-0.05, 0) is 37.7 Å². The Morgan fingerprint density at radius 3 is 2.62 bits per heavy atom. The molecule has 1 saturated carbocycles. The molecule has 1 N–H and O–H groups in total. The van der Waals surface area contributed by atoms with Crippen molar-refractivity contribution in [3.8, 4) is 11.4 Å². The van der Waals surface area contributed by atoms with Gasteiger partial charge in [-0.1, -0.05) is 18.6 Å². The standard InChI is InChI=1S/C16H21N3OS/c1-21-14-8-6-12(7-9-14)15-17-16(13-4-2-5-13)19(18-15)10-3-11-20/h6-9,13,20H,2-5,10-11H2,1H3. The Hall–Kier alpha value is -1.33. The summed E-state index contributed by atoms with van der Waals surface area (Å²) < 4.78 is 2.00. The van der Waals surface area contributed by atoms with Crippen LogP contribution in [0.15, 0.2) is 29.2 Å². The Labute approximate surface area is 129 Å². The van der Waals surface area contributed by atoms with Crippen molar-refractivity contribution >= 4 is 11.8 Å². The summed E-state index contributed by atoms with van der Waals surface area (Å²) >= 11 is 1.74. The van der Waals surface area contributed by atoms with Crippen LogP contribution >= 0.6 is 11.8 Å². The average Bonchev–Trinajstić information content (AvgIpc) is 2.87. The van der Waals surface area contributed by atoms with Gasteiger partial charge < -0.3 is 5.11 Å². The number of nitrogens with zero attached hydrogens (tertiary/aromatic N) is 3. The molecule has 1 heterocycles. The van der Waals surface area contributed by atoms with E-state index in [-0.39, 0.29) is 6.61 Å². The molecule has 0 bridgehead atoms. The topological polar surface area (TPSA) is 50.9 Å². The summed E-state index contributed by atoms with van der Waals surface area (Å²) in [5.41, 5.74) is 1.07. The highest BCUT2D eigenvalue weighted by Crippen LogP contribution is 2.36. The number of thioether (sulfide) groups is 1. The summed E-state index contributed by atoms with van der Waals surface area (Å²) in [6.07, 6.45) is 6.51. The number of rotatable bonds is 6. The second-order valence-electron chi connectivity index (χ2n) is 5.45. The van der Waals surface area contributed by atoms with Gasteiger partial charge in [0.25, 0.3) is 0 Å². The van der Waals surface area contributed by atoms with E-state index in [4.69, 9.17) is 10.1 Å². The van der Waals surface area contributed by atoms with Crippen molar-refractivity contribution in [1.29, 1.82) is 0 Å². The third-order valence-electron chi connectivity index (χ3n) is 4.05. The first-order valence-corrected chi connectivity index (χ1v) is 8.74. The molecule has 1 aromatic heterocycles. The van der Waals surface area contributed by atoms with E-state index in [2.05, 4.69) is 35.6 Å². The number of aryl methyl sites for hydroxylation is 1. The molecule has 21 heavy (non-hydrogen) atoms. The largest absolute Gasteiger partial charge is 0.396 e. The van der Waals surface area contributed by atoms with Gasteiger partial charge in [0.05, 0.1) is 0 Å².